The van der Waals surface area contributed by atoms with Crippen LogP contribution in [0.3, 0.4) is 0 Å². The summed E-state index contributed by atoms with van der Waals surface area (Å²) in [5.74, 6) is -0.173. The van der Waals surface area contributed by atoms with E-state index in [1.165, 1.54) is 0 Å². The molecule has 0 fully saturated rings. The Kier molecular flexibility index (Phi) is 2.82. The lowest BCUT2D eigenvalue weighted by molar-refractivity contribution is 0.102. The number of aromatic nitrogens is 1. The first-order valence-corrected chi connectivity index (χ1v) is 4.82. The van der Waals surface area contributed by atoms with E-state index in [0.29, 0.717) is 16.9 Å². The Labute approximate surface area is 93.1 Å². The SMILES string of the molecule is Nc1ccc(C(=O)Nc2cccnc2)cc1. The zero-order chi connectivity index (χ0) is 11.4. The van der Waals surface area contributed by atoms with E-state index < -0.39 is 0 Å². The van der Waals surface area contributed by atoms with Crippen molar-refractivity contribution in [1.82, 2.24) is 4.98 Å². The highest BCUT2D eigenvalue weighted by Gasteiger charge is 2.04. The van der Waals surface area contributed by atoms with Gasteiger partial charge < -0.3 is 11.1 Å². The van der Waals surface area contributed by atoms with E-state index in [2.05, 4.69) is 10.3 Å². The number of carbonyl (C=O) groups excluding carboxylic acids is 1. The van der Waals surface area contributed by atoms with Gasteiger partial charge in [0.2, 0.25) is 0 Å². The van der Waals surface area contributed by atoms with Crippen molar-refractivity contribution >= 4 is 17.3 Å². The minimum atomic E-state index is -0.173. The quantitative estimate of drug-likeness (QED) is 0.749. The number of nitrogens with one attached hydrogen (secondary N) is 1. The van der Waals surface area contributed by atoms with Crippen molar-refractivity contribution in [1.29, 1.82) is 0 Å². The van der Waals surface area contributed by atoms with Gasteiger partial charge in [-0.2, -0.15) is 0 Å². The topological polar surface area (TPSA) is 68.0 Å². The number of carbonyl (C=O) groups is 1. The Hall–Kier alpha value is -2.36. The Morgan fingerprint density at radius 1 is 1.19 bits per heavy atom. The van der Waals surface area contributed by atoms with E-state index in [4.69, 9.17) is 5.73 Å². The van der Waals surface area contributed by atoms with Crippen molar-refractivity contribution in [2.24, 2.45) is 0 Å². The van der Waals surface area contributed by atoms with Crippen molar-refractivity contribution in [2.45, 2.75) is 0 Å². The second kappa shape index (κ2) is 4.44. The molecule has 4 nitrogen and oxygen atoms in total. The Morgan fingerprint density at radius 2 is 1.94 bits per heavy atom. The maximum atomic E-state index is 11.7. The minimum absolute atomic E-state index is 0.173. The zero-order valence-electron chi connectivity index (χ0n) is 8.55. The number of amides is 1. The van der Waals surface area contributed by atoms with Crippen LogP contribution in [0.4, 0.5) is 11.4 Å². The molecule has 1 aromatic heterocycles. The molecule has 80 valence electrons. The first-order chi connectivity index (χ1) is 7.75. The largest absolute Gasteiger partial charge is 0.399 e. The fourth-order valence-electron chi connectivity index (χ4n) is 1.27. The summed E-state index contributed by atoms with van der Waals surface area (Å²) in [7, 11) is 0. The fraction of sp³-hybridized carbons (Fsp3) is 0. The maximum absolute atomic E-state index is 11.7. The van der Waals surface area contributed by atoms with Crippen LogP contribution in [0.5, 0.6) is 0 Å². The van der Waals surface area contributed by atoms with Crippen LogP contribution >= 0.6 is 0 Å². The van der Waals surface area contributed by atoms with E-state index >= 15 is 0 Å². The molecule has 0 radical (unpaired) electrons. The number of hydrogen-bond acceptors (Lipinski definition) is 3. The first-order valence-electron chi connectivity index (χ1n) is 4.82. The number of anilines is 2. The van der Waals surface area contributed by atoms with E-state index in [-0.39, 0.29) is 5.91 Å². The van der Waals surface area contributed by atoms with Crippen LogP contribution in [0.2, 0.25) is 0 Å². The molecular weight excluding hydrogens is 202 g/mol. The molecule has 3 N–H and O–H groups in total. The summed E-state index contributed by atoms with van der Waals surface area (Å²) in [6.45, 7) is 0. The number of nitrogens with two attached hydrogens (primary N) is 1. The van der Waals surface area contributed by atoms with Crippen molar-refractivity contribution < 1.29 is 4.79 Å². The Balaban J connectivity index is 2.12. The summed E-state index contributed by atoms with van der Waals surface area (Å²) < 4.78 is 0. The number of benzene rings is 1. The van der Waals surface area contributed by atoms with E-state index in [1.807, 2.05) is 0 Å². The first kappa shape index (κ1) is 10.2. The molecule has 1 amide bonds. The van der Waals surface area contributed by atoms with Crippen LogP contribution in [0, 0.1) is 0 Å². The van der Waals surface area contributed by atoms with Gasteiger partial charge in [-0.1, -0.05) is 0 Å². The van der Waals surface area contributed by atoms with Gasteiger partial charge in [0.05, 0.1) is 11.9 Å². The zero-order valence-corrected chi connectivity index (χ0v) is 8.55. The molecule has 0 aliphatic carbocycles. The fourth-order valence-corrected chi connectivity index (χ4v) is 1.27. The van der Waals surface area contributed by atoms with Gasteiger partial charge in [0.1, 0.15) is 0 Å². The van der Waals surface area contributed by atoms with Crippen LogP contribution in [0.15, 0.2) is 48.8 Å². The summed E-state index contributed by atoms with van der Waals surface area (Å²) in [4.78, 5) is 15.7. The second-order valence-corrected chi connectivity index (χ2v) is 3.32. The molecule has 16 heavy (non-hydrogen) atoms. The van der Waals surface area contributed by atoms with E-state index in [9.17, 15) is 4.79 Å². The summed E-state index contributed by atoms with van der Waals surface area (Å²) in [5, 5.41) is 2.74. The molecule has 0 unspecified atom stereocenters. The molecule has 2 rings (SSSR count). The van der Waals surface area contributed by atoms with E-state index in [0.717, 1.165) is 0 Å². The number of nitrogens with zero attached hydrogens (tertiary/aromatic N) is 1. The second-order valence-electron chi connectivity index (χ2n) is 3.32. The molecule has 1 aromatic carbocycles. The van der Waals surface area contributed by atoms with Gasteiger partial charge in [0.25, 0.3) is 5.91 Å². The molecule has 4 heteroatoms. The highest BCUT2D eigenvalue weighted by molar-refractivity contribution is 6.04. The van der Waals surface area contributed by atoms with Crippen LogP contribution in [0.1, 0.15) is 10.4 Å². The minimum Gasteiger partial charge on any atom is -0.399 e. The third-order valence-corrected chi connectivity index (χ3v) is 2.09. The average Bonchev–Trinajstić information content (AvgIpc) is 2.31. The molecule has 0 saturated carbocycles. The van der Waals surface area contributed by atoms with Crippen molar-refractivity contribution in [2.75, 3.05) is 11.1 Å². The van der Waals surface area contributed by atoms with Gasteiger partial charge >= 0.3 is 0 Å². The predicted octanol–water partition coefficient (Wildman–Crippen LogP) is 1.92. The van der Waals surface area contributed by atoms with Gasteiger partial charge in [-0.15, -0.1) is 0 Å². The van der Waals surface area contributed by atoms with Crippen LogP contribution in [0.25, 0.3) is 0 Å². The predicted molar refractivity (Wildman–Crippen MR) is 63.0 cm³/mol. The van der Waals surface area contributed by atoms with Crippen LogP contribution in [-0.2, 0) is 0 Å². The highest BCUT2D eigenvalue weighted by Crippen LogP contribution is 2.09. The van der Waals surface area contributed by atoms with Gasteiger partial charge in [0.15, 0.2) is 0 Å². The van der Waals surface area contributed by atoms with Crippen molar-refractivity contribution in [3.63, 3.8) is 0 Å². The summed E-state index contributed by atoms with van der Waals surface area (Å²) in [5.41, 5.74) is 7.41. The molecule has 0 aliphatic heterocycles. The smallest absolute Gasteiger partial charge is 0.255 e. The normalized spacial score (nSPS) is 9.75. The van der Waals surface area contributed by atoms with Crippen molar-refractivity contribution in [3.05, 3.63) is 54.4 Å². The van der Waals surface area contributed by atoms with Crippen LogP contribution in [-0.4, -0.2) is 10.9 Å². The molecular formula is C12H11N3O. The third kappa shape index (κ3) is 2.36. The Bertz CT molecular complexity index is 479. The summed E-state index contributed by atoms with van der Waals surface area (Å²) in [6, 6.07) is 10.3. The lowest BCUT2D eigenvalue weighted by atomic mass is 10.2. The molecule has 0 spiro atoms. The lowest BCUT2D eigenvalue weighted by Gasteiger charge is -2.04. The lowest BCUT2D eigenvalue weighted by Crippen LogP contribution is -2.11. The number of pyridine rings is 1. The van der Waals surface area contributed by atoms with Crippen molar-refractivity contribution in [3.8, 4) is 0 Å². The number of nitrogen functional groups attached to an aromatic ring is 1. The third-order valence-electron chi connectivity index (χ3n) is 2.09. The summed E-state index contributed by atoms with van der Waals surface area (Å²) >= 11 is 0. The molecule has 0 bridgehead atoms. The molecule has 2 aromatic rings. The average molecular weight is 213 g/mol. The van der Waals surface area contributed by atoms with Gasteiger partial charge in [0, 0.05) is 17.4 Å². The maximum Gasteiger partial charge on any atom is 0.255 e. The van der Waals surface area contributed by atoms with Gasteiger partial charge in [-0.05, 0) is 36.4 Å². The number of rotatable bonds is 2. The molecule has 0 saturated heterocycles. The number of hydrogen-bond donors (Lipinski definition) is 2. The summed E-state index contributed by atoms with van der Waals surface area (Å²) in [6.07, 6.45) is 3.24. The van der Waals surface area contributed by atoms with Gasteiger partial charge in [-0.25, -0.2) is 0 Å². The Morgan fingerprint density at radius 3 is 2.56 bits per heavy atom. The van der Waals surface area contributed by atoms with Crippen LogP contribution < -0.4 is 11.1 Å². The van der Waals surface area contributed by atoms with E-state index in [1.54, 1.807) is 48.8 Å². The van der Waals surface area contributed by atoms with Gasteiger partial charge in [-0.3, -0.25) is 9.78 Å². The molecule has 1 heterocycles. The monoisotopic (exact) mass is 213 g/mol. The standard InChI is InChI=1S/C12H11N3O/c13-10-5-3-9(4-6-10)12(16)15-11-2-1-7-14-8-11/h1-8H,13H2,(H,15,16). The highest BCUT2D eigenvalue weighted by atomic mass is 16.1. The molecule has 0 atom stereocenters. The molecule has 0 aliphatic rings.